The predicted molar refractivity (Wildman–Crippen MR) is 75.0 cm³/mol. The van der Waals surface area contributed by atoms with Crippen LogP contribution in [0.3, 0.4) is 0 Å². The van der Waals surface area contributed by atoms with E-state index >= 15 is 0 Å². The van der Waals surface area contributed by atoms with Crippen LogP contribution in [-0.4, -0.2) is 19.9 Å². The smallest absolute Gasteiger partial charge is 0.278 e. The highest BCUT2D eigenvalue weighted by atomic mass is 16.5. The Morgan fingerprint density at radius 1 is 1.35 bits per heavy atom. The Morgan fingerprint density at radius 3 is 2.55 bits per heavy atom. The third kappa shape index (κ3) is 2.04. The zero-order chi connectivity index (χ0) is 14.5. The lowest BCUT2D eigenvalue weighted by Crippen LogP contribution is -2.44. The SMILES string of the molecule is Cc1cc(-c2nc(C3(N)CCC3)no2)nn1C(C)(C)C. The van der Waals surface area contributed by atoms with Crippen LogP contribution in [0.4, 0.5) is 0 Å². The number of rotatable bonds is 2. The first-order valence-corrected chi connectivity index (χ1v) is 7.00. The van der Waals surface area contributed by atoms with Gasteiger partial charge < -0.3 is 10.3 Å². The summed E-state index contributed by atoms with van der Waals surface area (Å²) in [4.78, 5) is 4.43. The fourth-order valence-corrected chi connectivity index (χ4v) is 2.57. The van der Waals surface area contributed by atoms with Gasteiger partial charge in [0.25, 0.3) is 5.89 Å². The topological polar surface area (TPSA) is 82.8 Å². The minimum Gasteiger partial charge on any atom is -0.332 e. The van der Waals surface area contributed by atoms with E-state index in [0.717, 1.165) is 25.0 Å². The summed E-state index contributed by atoms with van der Waals surface area (Å²) >= 11 is 0. The minimum absolute atomic E-state index is 0.0752. The first kappa shape index (κ1) is 13.3. The molecule has 0 bridgehead atoms. The van der Waals surface area contributed by atoms with Crippen LogP contribution in [0.1, 0.15) is 51.6 Å². The van der Waals surface area contributed by atoms with E-state index < -0.39 is 5.54 Å². The van der Waals surface area contributed by atoms with Crippen molar-refractivity contribution in [3.05, 3.63) is 17.6 Å². The summed E-state index contributed by atoms with van der Waals surface area (Å²) in [7, 11) is 0. The number of nitrogens with zero attached hydrogens (tertiary/aromatic N) is 4. The summed E-state index contributed by atoms with van der Waals surface area (Å²) < 4.78 is 7.30. The van der Waals surface area contributed by atoms with E-state index in [2.05, 4.69) is 36.0 Å². The largest absolute Gasteiger partial charge is 0.332 e. The van der Waals surface area contributed by atoms with Crippen molar-refractivity contribution < 1.29 is 4.52 Å². The Labute approximate surface area is 118 Å². The second kappa shape index (κ2) is 4.15. The molecule has 1 fully saturated rings. The number of aryl methyl sites for hydroxylation is 1. The van der Waals surface area contributed by atoms with Crippen LogP contribution in [0.2, 0.25) is 0 Å². The Morgan fingerprint density at radius 2 is 2.05 bits per heavy atom. The molecule has 3 rings (SSSR count). The van der Waals surface area contributed by atoms with Gasteiger partial charge in [-0.3, -0.25) is 4.68 Å². The van der Waals surface area contributed by atoms with Crippen molar-refractivity contribution in [2.45, 2.75) is 58.0 Å². The summed E-state index contributed by atoms with van der Waals surface area (Å²) in [6.07, 6.45) is 2.96. The van der Waals surface area contributed by atoms with Crippen LogP contribution in [-0.2, 0) is 11.1 Å². The third-order valence-electron chi connectivity index (χ3n) is 3.86. The van der Waals surface area contributed by atoms with Crippen LogP contribution >= 0.6 is 0 Å². The molecule has 0 atom stereocenters. The molecular weight excluding hydrogens is 254 g/mol. The van der Waals surface area contributed by atoms with E-state index in [4.69, 9.17) is 10.3 Å². The molecule has 0 aliphatic heterocycles. The van der Waals surface area contributed by atoms with Gasteiger partial charge in [0.2, 0.25) is 0 Å². The van der Waals surface area contributed by atoms with Crippen LogP contribution in [0.5, 0.6) is 0 Å². The monoisotopic (exact) mass is 275 g/mol. The van der Waals surface area contributed by atoms with Gasteiger partial charge in [-0.05, 0) is 53.0 Å². The Kier molecular flexibility index (Phi) is 2.76. The normalized spacial score (nSPS) is 18.1. The summed E-state index contributed by atoms with van der Waals surface area (Å²) in [5.41, 5.74) is 7.51. The summed E-state index contributed by atoms with van der Waals surface area (Å²) in [5.74, 6) is 1.05. The molecule has 0 amide bonds. The fraction of sp³-hybridized carbons (Fsp3) is 0.643. The number of nitrogens with two attached hydrogens (primary N) is 1. The quantitative estimate of drug-likeness (QED) is 0.909. The first-order chi connectivity index (χ1) is 9.29. The molecule has 20 heavy (non-hydrogen) atoms. The standard InChI is InChI=1S/C14H21N5O/c1-9-8-10(17-19(9)13(2,3)4)11-16-12(18-20-11)14(15)6-5-7-14/h8H,5-7,15H2,1-4H3. The lowest BCUT2D eigenvalue weighted by molar-refractivity contribution is 0.229. The molecule has 2 aromatic rings. The Balaban J connectivity index is 1.94. The highest BCUT2D eigenvalue weighted by Crippen LogP contribution is 2.37. The van der Waals surface area contributed by atoms with Gasteiger partial charge >= 0.3 is 0 Å². The van der Waals surface area contributed by atoms with Gasteiger partial charge in [-0.15, -0.1) is 0 Å². The third-order valence-corrected chi connectivity index (χ3v) is 3.86. The molecule has 6 nitrogen and oxygen atoms in total. The van der Waals surface area contributed by atoms with E-state index in [-0.39, 0.29) is 5.54 Å². The highest BCUT2D eigenvalue weighted by molar-refractivity contribution is 5.47. The van der Waals surface area contributed by atoms with Crippen molar-refractivity contribution in [1.82, 2.24) is 19.9 Å². The Hall–Kier alpha value is -1.69. The molecule has 2 aromatic heterocycles. The lowest BCUT2D eigenvalue weighted by Gasteiger charge is -2.34. The summed E-state index contributed by atoms with van der Waals surface area (Å²) in [6.45, 7) is 8.35. The van der Waals surface area contributed by atoms with Crippen LogP contribution < -0.4 is 5.73 Å². The van der Waals surface area contributed by atoms with Gasteiger partial charge in [-0.1, -0.05) is 5.16 Å². The van der Waals surface area contributed by atoms with E-state index in [1.54, 1.807) is 0 Å². The zero-order valence-corrected chi connectivity index (χ0v) is 12.5. The molecule has 0 radical (unpaired) electrons. The first-order valence-electron chi connectivity index (χ1n) is 7.00. The van der Waals surface area contributed by atoms with Crippen molar-refractivity contribution in [1.29, 1.82) is 0 Å². The molecule has 1 saturated carbocycles. The fourth-order valence-electron chi connectivity index (χ4n) is 2.57. The van der Waals surface area contributed by atoms with Gasteiger partial charge in [0, 0.05) is 5.69 Å². The molecule has 6 heteroatoms. The molecule has 0 spiro atoms. The molecule has 1 aliphatic carbocycles. The highest BCUT2D eigenvalue weighted by Gasteiger charge is 2.39. The number of hydrogen-bond donors (Lipinski definition) is 1. The van der Waals surface area contributed by atoms with Crippen molar-refractivity contribution in [3.8, 4) is 11.6 Å². The maximum absolute atomic E-state index is 6.21. The van der Waals surface area contributed by atoms with Gasteiger partial charge in [-0.2, -0.15) is 10.1 Å². The van der Waals surface area contributed by atoms with E-state index in [0.29, 0.717) is 17.4 Å². The molecule has 1 aliphatic rings. The molecule has 108 valence electrons. The maximum Gasteiger partial charge on any atom is 0.278 e. The molecular formula is C14H21N5O. The number of hydrogen-bond acceptors (Lipinski definition) is 5. The lowest BCUT2D eigenvalue weighted by atomic mass is 9.77. The second-order valence-electron chi connectivity index (χ2n) is 6.69. The van der Waals surface area contributed by atoms with Gasteiger partial charge in [0.1, 0.15) is 0 Å². The van der Waals surface area contributed by atoms with Crippen LogP contribution in [0.25, 0.3) is 11.6 Å². The van der Waals surface area contributed by atoms with E-state index in [9.17, 15) is 0 Å². The van der Waals surface area contributed by atoms with Crippen molar-refractivity contribution in [3.63, 3.8) is 0 Å². The summed E-state index contributed by atoms with van der Waals surface area (Å²) in [6, 6.07) is 1.96. The molecule has 0 aromatic carbocycles. The van der Waals surface area contributed by atoms with Gasteiger partial charge in [0.05, 0.1) is 11.1 Å². The molecule has 2 N–H and O–H groups in total. The zero-order valence-electron chi connectivity index (χ0n) is 12.5. The van der Waals surface area contributed by atoms with Crippen molar-refractivity contribution in [2.24, 2.45) is 5.73 Å². The van der Waals surface area contributed by atoms with Crippen molar-refractivity contribution >= 4 is 0 Å². The molecule has 0 saturated heterocycles. The predicted octanol–water partition coefficient (Wildman–Crippen LogP) is 2.33. The summed E-state index contributed by atoms with van der Waals surface area (Å²) in [5, 5.41) is 8.60. The average Bonchev–Trinajstić information content (AvgIpc) is 2.90. The van der Waals surface area contributed by atoms with Crippen LogP contribution in [0, 0.1) is 6.92 Å². The van der Waals surface area contributed by atoms with Crippen molar-refractivity contribution in [2.75, 3.05) is 0 Å². The van der Waals surface area contributed by atoms with Gasteiger partial charge in [-0.25, -0.2) is 0 Å². The van der Waals surface area contributed by atoms with Gasteiger partial charge in [0.15, 0.2) is 11.5 Å². The van der Waals surface area contributed by atoms with Crippen LogP contribution in [0.15, 0.2) is 10.6 Å². The number of aromatic nitrogens is 4. The van der Waals surface area contributed by atoms with E-state index in [1.165, 1.54) is 0 Å². The molecule has 2 heterocycles. The molecule has 0 unspecified atom stereocenters. The maximum atomic E-state index is 6.21. The second-order valence-corrected chi connectivity index (χ2v) is 6.69. The average molecular weight is 275 g/mol. The Bertz CT molecular complexity index is 630. The minimum atomic E-state index is -0.399. The van der Waals surface area contributed by atoms with E-state index in [1.807, 2.05) is 17.7 Å².